The van der Waals surface area contributed by atoms with Crippen molar-refractivity contribution in [3.63, 3.8) is 0 Å². The van der Waals surface area contributed by atoms with Crippen LogP contribution in [-0.4, -0.2) is 56.7 Å². The zero-order chi connectivity index (χ0) is 21.1. The Morgan fingerprint density at radius 2 is 1.87 bits per heavy atom. The van der Waals surface area contributed by atoms with E-state index in [9.17, 15) is 14.4 Å². The summed E-state index contributed by atoms with van der Waals surface area (Å²) in [6.07, 6.45) is 10.1. The van der Waals surface area contributed by atoms with Crippen molar-refractivity contribution in [2.45, 2.75) is 63.7 Å². The lowest BCUT2D eigenvalue weighted by Crippen LogP contribution is -2.40. The first-order valence-corrected chi connectivity index (χ1v) is 10.5. The molecule has 0 radical (unpaired) electrons. The molecule has 0 spiro atoms. The van der Waals surface area contributed by atoms with Gasteiger partial charge in [-0.2, -0.15) is 15.3 Å². The van der Waals surface area contributed by atoms with E-state index in [-0.39, 0.29) is 23.9 Å². The first-order valence-electron chi connectivity index (χ1n) is 10.5. The highest BCUT2D eigenvalue weighted by atomic mass is 16.2. The standard InChI is InChI=1S/C21H26N6O3/c1-2-3-8-21(23-24-21)9-6-18(28)26-12-7-17-16(14-26)13-19(29)27(22-17)15-20(30)25-10-4-5-11-25/h1,13H,3-12,14-15H2. The summed E-state index contributed by atoms with van der Waals surface area (Å²) in [7, 11) is 0. The second-order valence-electron chi connectivity index (χ2n) is 8.15. The van der Waals surface area contributed by atoms with Crippen LogP contribution in [0.1, 0.15) is 49.8 Å². The second kappa shape index (κ2) is 8.38. The zero-order valence-corrected chi connectivity index (χ0v) is 17.0. The lowest BCUT2D eigenvalue weighted by molar-refractivity contribution is -0.132. The van der Waals surface area contributed by atoms with Crippen LogP contribution in [0.3, 0.4) is 0 Å². The SMILES string of the molecule is C#CCCC1(CCC(=O)N2CCc3nn(CC(=O)N4CCCC4)c(=O)cc3C2)N=N1. The molecule has 1 aromatic rings. The van der Waals surface area contributed by atoms with Gasteiger partial charge in [-0.1, -0.05) is 0 Å². The Kier molecular flexibility index (Phi) is 5.66. The van der Waals surface area contributed by atoms with Crippen LogP contribution in [-0.2, 0) is 29.1 Å². The van der Waals surface area contributed by atoms with Gasteiger partial charge in [0, 0.05) is 69.9 Å². The highest BCUT2D eigenvalue weighted by Gasteiger charge is 2.39. The van der Waals surface area contributed by atoms with Gasteiger partial charge >= 0.3 is 0 Å². The molecule has 9 nitrogen and oxygen atoms in total. The minimum Gasteiger partial charge on any atom is -0.341 e. The van der Waals surface area contributed by atoms with E-state index in [4.69, 9.17) is 6.42 Å². The van der Waals surface area contributed by atoms with E-state index in [0.717, 1.165) is 37.2 Å². The van der Waals surface area contributed by atoms with Gasteiger partial charge in [-0.05, 0) is 12.8 Å². The Hall–Kier alpha value is -3.02. The molecule has 0 aliphatic carbocycles. The predicted octanol–water partition coefficient (Wildman–Crippen LogP) is 1.11. The monoisotopic (exact) mass is 410 g/mol. The van der Waals surface area contributed by atoms with Crippen LogP contribution >= 0.6 is 0 Å². The van der Waals surface area contributed by atoms with Gasteiger partial charge in [-0.3, -0.25) is 14.4 Å². The molecule has 0 unspecified atom stereocenters. The van der Waals surface area contributed by atoms with Gasteiger partial charge in [0.1, 0.15) is 6.54 Å². The lowest BCUT2D eigenvalue weighted by atomic mass is 10.0. The number of carbonyl (C=O) groups is 2. The molecular weight excluding hydrogens is 384 g/mol. The summed E-state index contributed by atoms with van der Waals surface area (Å²) in [6, 6.07) is 1.51. The summed E-state index contributed by atoms with van der Waals surface area (Å²) < 4.78 is 1.25. The quantitative estimate of drug-likeness (QED) is 0.629. The molecule has 0 bridgehead atoms. The number of hydrogen-bond donors (Lipinski definition) is 0. The van der Waals surface area contributed by atoms with Crippen molar-refractivity contribution < 1.29 is 9.59 Å². The minimum absolute atomic E-state index is 0.0198. The maximum atomic E-state index is 12.6. The number of terminal acetylenes is 1. The second-order valence-corrected chi connectivity index (χ2v) is 8.15. The number of amides is 2. The maximum Gasteiger partial charge on any atom is 0.267 e. The van der Waals surface area contributed by atoms with Crippen LogP contribution in [0.15, 0.2) is 21.1 Å². The fourth-order valence-corrected chi connectivity index (χ4v) is 4.09. The summed E-state index contributed by atoms with van der Waals surface area (Å²) in [6.45, 7) is 2.38. The molecule has 4 rings (SSSR count). The smallest absolute Gasteiger partial charge is 0.267 e. The Labute approximate surface area is 175 Å². The van der Waals surface area contributed by atoms with Crippen LogP contribution in [0.4, 0.5) is 0 Å². The van der Waals surface area contributed by atoms with E-state index >= 15 is 0 Å². The number of aromatic nitrogens is 2. The van der Waals surface area contributed by atoms with Gasteiger partial charge in [-0.25, -0.2) is 4.68 Å². The van der Waals surface area contributed by atoms with Crippen molar-refractivity contribution in [2.75, 3.05) is 19.6 Å². The van der Waals surface area contributed by atoms with Gasteiger partial charge < -0.3 is 9.80 Å². The lowest BCUT2D eigenvalue weighted by Gasteiger charge is -2.28. The number of nitrogens with zero attached hydrogens (tertiary/aromatic N) is 6. The average Bonchev–Trinajstić information content (AvgIpc) is 3.29. The highest BCUT2D eigenvalue weighted by molar-refractivity contribution is 5.77. The van der Waals surface area contributed by atoms with Crippen molar-refractivity contribution in [3.8, 4) is 12.3 Å². The van der Waals surface area contributed by atoms with Crippen molar-refractivity contribution in [3.05, 3.63) is 27.7 Å². The van der Waals surface area contributed by atoms with Crippen molar-refractivity contribution >= 4 is 11.8 Å². The molecule has 9 heteroatoms. The Morgan fingerprint density at radius 1 is 1.10 bits per heavy atom. The summed E-state index contributed by atoms with van der Waals surface area (Å²) in [5.74, 6) is 2.54. The zero-order valence-electron chi connectivity index (χ0n) is 17.0. The molecule has 30 heavy (non-hydrogen) atoms. The van der Waals surface area contributed by atoms with E-state index in [2.05, 4.69) is 21.2 Å². The largest absolute Gasteiger partial charge is 0.341 e. The normalized spacial score (nSPS) is 18.8. The number of likely N-dealkylation sites (tertiary alicyclic amines) is 1. The topological polar surface area (TPSA) is 100 Å². The summed E-state index contributed by atoms with van der Waals surface area (Å²) in [5.41, 5.74) is 0.768. The Morgan fingerprint density at radius 3 is 2.57 bits per heavy atom. The van der Waals surface area contributed by atoms with Crippen LogP contribution in [0.5, 0.6) is 0 Å². The van der Waals surface area contributed by atoms with Gasteiger partial charge in [-0.15, -0.1) is 12.3 Å². The van der Waals surface area contributed by atoms with Crippen LogP contribution < -0.4 is 5.56 Å². The molecule has 1 aromatic heterocycles. The van der Waals surface area contributed by atoms with E-state index in [1.54, 1.807) is 9.80 Å². The van der Waals surface area contributed by atoms with E-state index in [1.165, 1.54) is 10.7 Å². The van der Waals surface area contributed by atoms with E-state index in [0.29, 0.717) is 45.2 Å². The summed E-state index contributed by atoms with van der Waals surface area (Å²) in [4.78, 5) is 41.0. The van der Waals surface area contributed by atoms with Crippen molar-refractivity contribution in [1.29, 1.82) is 0 Å². The van der Waals surface area contributed by atoms with Gasteiger partial charge in [0.05, 0.1) is 5.69 Å². The Balaban J connectivity index is 1.35. The first kappa shape index (κ1) is 20.3. The molecule has 0 saturated carbocycles. The molecule has 3 aliphatic rings. The fourth-order valence-electron chi connectivity index (χ4n) is 4.09. The van der Waals surface area contributed by atoms with E-state index in [1.807, 2.05) is 0 Å². The predicted molar refractivity (Wildman–Crippen MR) is 108 cm³/mol. The molecule has 0 aromatic carbocycles. The van der Waals surface area contributed by atoms with Crippen molar-refractivity contribution in [2.24, 2.45) is 10.2 Å². The molecule has 0 N–H and O–H groups in total. The third-order valence-corrected chi connectivity index (χ3v) is 6.03. The van der Waals surface area contributed by atoms with Crippen LogP contribution in [0, 0.1) is 12.3 Å². The van der Waals surface area contributed by atoms with Gasteiger partial charge in [0.2, 0.25) is 11.8 Å². The van der Waals surface area contributed by atoms with Gasteiger partial charge in [0.15, 0.2) is 5.66 Å². The molecule has 3 aliphatic heterocycles. The summed E-state index contributed by atoms with van der Waals surface area (Å²) >= 11 is 0. The molecule has 1 fully saturated rings. The number of hydrogen-bond acceptors (Lipinski definition) is 6. The summed E-state index contributed by atoms with van der Waals surface area (Å²) in [5, 5.41) is 12.6. The molecule has 4 heterocycles. The molecule has 1 saturated heterocycles. The molecule has 0 atom stereocenters. The number of fused-ring (bicyclic) bond motifs is 1. The van der Waals surface area contributed by atoms with Crippen molar-refractivity contribution in [1.82, 2.24) is 19.6 Å². The van der Waals surface area contributed by atoms with Crippen LogP contribution in [0.25, 0.3) is 0 Å². The highest BCUT2D eigenvalue weighted by Crippen LogP contribution is 2.37. The fraction of sp³-hybridized carbons (Fsp3) is 0.619. The third-order valence-electron chi connectivity index (χ3n) is 6.03. The average molecular weight is 410 g/mol. The molecule has 2 amide bonds. The number of rotatable bonds is 7. The van der Waals surface area contributed by atoms with E-state index < -0.39 is 5.66 Å². The third kappa shape index (κ3) is 4.42. The van der Waals surface area contributed by atoms with Crippen LogP contribution in [0.2, 0.25) is 0 Å². The number of carbonyl (C=O) groups excluding carboxylic acids is 2. The first-order chi connectivity index (χ1) is 14.5. The maximum absolute atomic E-state index is 12.6. The Bertz CT molecular complexity index is 964. The van der Waals surface area contributed by atoms with Gasteiger partial charge in [0.25, 0.3) is 5.56 Å². The molecular formula is C21H26N6O3. The molecule has 158 valence electrons. The minimum atomic E-state index is -0.465.